The highest BCUT2D eigenvalue weighted by Crippen LogP contribution is 2.31. The van der Waals surface area contributed by atoms with Crippen molar-refractivity contribution in [3.63, 3.8) is 0 Å². The van der Waals surface area contributed by atoms with E-state index < -0.39 is 11.0 Å². The Balaban J connectivity index is 1.60. The molecule has 0 radical (unpaired) electrons. The maximum Gasteiger partial charge on any atom is 0.323 e. The van der Waals surface area contributed by atoms with Crippen LogP contribution in [0.5, 0.6) is 11.8 Å². The minimum absolute atomic E-state index is 0.157. The molecule has 0 spiro atoms. The van der Waals surface area contributed by atoms with Crippen LogP contribution in [-0.2, 0) is 17.5 Å². The van der Waals surface area contributed by atoms with E-state index in [0.29, 0.717) is 23.3 Å². The third-order valence-electron chi connectivity index (χ3n) is 3.46. The Morgan fingerprint density at radius 3 is 2.79 bits per heavy atom. The maximum absolute atomic E-state index is 12.6. The van der Waals surface area contributed by atoms with Crippen molar-refractivity contribution in [2.24, 2.45) is 0 Å². The van der Waals surface area contributed by atoms with Crippen LogP contribution in [0.1, 0.15) is 5.56 Å². The predicted molar refractivity (Wildman–Crippen MR) is 90.4 cm³/mol. The largest absolute Gasteiger partial charge is 0.423 e. The molecule has 0 aliphatic carbocycles. The van der Waals surface area contributed by atoms with Gasteiger partial charge < -0.3 is 4.74 Å². The lowest BCUT2D eigenvalue weighted by Crippen LogP contribution is -2.19. The fourth-order valence-corrected chi connectivity index (χ4v) is 3.78. The number of rotatable bonds is 3. The Kier molecular flexibility index (Phi) is 3.87. The van der Waals surface area contributed by atoms with Gasteiger partial charge >= 0.3 is 6.01 Å². The van der Waals surface area contributed by atoms with Gasteiger partial charge in [0.05, 0.1) is 17.6 Å². The summed E-state index contributed by atoms with van der Waals surface area (Å²) in [5.41, 5.74) is 1.03. The van der Waals surface area contributed by atoms with Crippen molar-refractivity contribution < 1.29 is 8.95 Å². The maximum atomic E-state index is 12.6. The average Bonchev–Trinajstić information content (AvgIpc) is 2.95. The van der Waals surface area contributed by atoms with Gasteiger partial charge in [-0.15, -0.1) is 0 Å². The van der Waals surface area contributed by atoms with Crippen molar-refractivity contribution in [2.45, 2.75) is 11.4 Å². The van der Waals surface area contributed by atoms with Crippen LogP contribution in [0.3, 0.4) is 0 Å². The summed E-state index contributed by atoms with van der Waals surface area (Å²) in [6.07, 6.45) is 3.06. The van der Waals surface area contributed by atoms with E-state index >= 15 is 0 Å². The van der Waals surface area contributed by atoms with Gasteiger partial charge in [0, 0.05) is 12.3 Å². The summed E-state index contributed by atoms with van der Waals surface area (Å²) >= 11 is 5.75. The number of aromatic nitrogens is 3. The number of anilines is 1. The number of nitrogens with zero attached hydrogens (tertiary/aromatic N) is 4. The molecule has 6 nitrogen and oxygen atoms in total. The molecule has 1 aliphatic heterocycles. The summed E-state index contributed by atoms with van der Waals surface area (Å²) in [4.78, 5) is 13.2. The first-order chi connectivity index (χ1) is 11.7. The molecule has 1 unspecified atom stereocenters. The first-order valence-electron chi connectivity index (χ1n) is 7.10. The number of benzene rings is 1. The van der Waals surface area contributed by atoms with Crippen molar-refractivity contribution >= 4 is 28.4 Å². The summed E-state index contributed by atoms with van der Waals surface area (Å²) in [5.74, 6) is 1.01. The SMILES string of the molecule is O=S1c2ccccc2CN1c1ccnc(Oc2ccc(Cl)nc2)n1. The minimum Gasteiger partial charge on any atom is -0.423 e. The van der Waals surface area contributed by atoms with Crippen LogP contribution in [0.25, 0.3) is 0 Å². The quantitative estimate of drug-likeness (QED) is 0.671. The topological polar surface area (TPSA) is 68.2 Å². The van der Waals surface area contributed by atoms with Crippen molar-refractivity contribution in [1.82, 2.24) is 15.0 Å². The Morgan fingerprint density at radius 2 is 2.00 bits per heavy atom. The molecule has 3 aromatic rings. The van der Waals surface area contributed by atoms with E-state index in [9.17, 15) is 4.21 Å². The molecule has 0 saturated heterocycles. The lowest BCUT2D eigenvalue weighted by molar-refractivity contribution is 0.440. The van der Waals surface area contributed by atoms with Crippen LogP contribution in [0.2, 0.25) is 5.15 Å². The van der Waals surface area contributed by atoms with E-state index in [0.717, 1.165) is 10.5 Å². The van der Waals surface area contributed by atoms with Crippen LogP contribution in [0.4, 0.5) is 5.82 Å². The van der Waals surface area contributed by atoms with Gasteiger partial charge in [0.2, 0.25) is 0 Å². The lowest BCUT2D eigenvalue weighted by atomic mass is 10.2. The predicted octanol–water partition coefficient (Wildman–Crippen LogP) is 3.36. The molecular formula is C16H11ClN4O2S. The fourth-order valence-electron chi connectivity index (χ4n) is 2.35. The molecule has 8 heteroatoms. The molecule has 0 N–H and O–H groups in total. The van der Waals surface area contributed by atoms with Gasteiger partial charge in [-0.2, -0.15) is 4.98 Å². The molecule has 1 atom stereocenters. The van der Waals surface area contributed by atoms with Crippen LogP contribution >= 0.6 is 11.6 Å². The number of fused-ring (bicyclic) bond motifs is 1. The summed E-state index contributed by atoms with van der Waals surface area (Å²) in [7, 11) is -1.29. The molecular weight excluding hydrogens is 348 g/mol. The second-order valence-electron chi connectivity index (χ2n) is 5.01. The summed E-state index contributed by atoms with van der Waals surface area (Å²) in [6, 6.07) is 12.8. The zero-order valence-electron chi connectivity index (χ0n) is 12.3. The van der Waals surface area contributed by atoms with E-state index in [1.165, 1.54) is 6.20 Å². The Morgan fingerprint density at radius 1 is 1.12 bits per heavy atom. The zero-order valence-corrected chi connectivity index (χ0v) is 13.9. The van der Waals surface area contributed by atoms with Gasteiger partial charge in [-0.1, -0.05) is 29.8 Å². The smallest absolute Gasteiger partial charge is 0.323 e. The zero-order chi connectivity index (χ0) is 16.5. The fraction of sp³-hybridized carbons (Fsp3) is 0.0625. The number of hydrogen-bond acceptors (Lipinski definition) is 5. The van der Waals surface area contributed by atoms with Crippen molar-refractivity contribution in [3.8, 4) is 11.8 Å². The molecule has 1 aromatic carbocycles. The average molecular weight is 359 g/mol. The van der Waals surface area contributed by atoms with Crippen molar-refractivity contribution in [3.05, 3.63) is 65.6 Å². The molecule has 2 aromatic heterocycles. The van der Waals surface area contributed by atoms with Crippen LogP contribution in [0.15, 0.2) is 59.8 Å². The van der Waals surface area contributed by atoms with E-state index in [4.69, 9.17) is 16.3 Å². The van der Waals surface area contributed by atoms with Gasteiger partial charge in [-0.05, 0) is 23.8 Å². The first-order valence-corrected chi connectivity index (χ1v) is 8.59. The highest BCUT2D eigenvalue weighted by atomic mass is 35.5. The minimum atomic E-state index is -1.29. The summed E-state index contributed by atoms with van der Waals surface area (Å²) in [6.45, 7) is 0.530. The van der Waals surface area contributed by atoms with E-state index in [-0.39, 0.29) is 6.01 Å². The molecule has 1 aliphatic rings. The molecule has 0 bridgehead atoms. The molecule has 120 valence electrons. The number of halogens is 1. The van der Waals surface area contributed by atoms with E-state index in [1.807, 2.05) is 24.3 Å². The Hall–Kier alpha value is -2.51. The molecule has 0 saturated carbocycles. The Labute approximate surface area is 145 Å². The molecule has 0 fully saturated rings. The highest BCUT2D eigenvalue weighted by Gasteiger charge is 2.28. The van der Waals surface area contributed by atoms with Crippen LogP contribution in [-0.4, -0.2) is 19.2 Å². The lowest BCUT2D eigenvalue weighted by Gasteiger charge is -2.15. The van der Waals surface area contributed by atoms with E-state index in [2.05, 4.69) is 15.0 Å². The first kappa shape index (κ1) is 15.0. The molecule has 0 amide bonds. The van der Waals surface area contributed by atoms with Gasteiger partial charge in [0.15, 0.2) is 11.0 Å². The van der Waals surface area contributed by atoms with Crippen molar-refractivity contribution in [1.29, 1.82) is 0 Å². The van der Waals surface area contributed by atoms with Gasteiger partial charge in [-0.3, -0.25) is 4.31 Å². The second-order valence-corrected chi connectivity index (χ2v) is 6.78. The highest BCUT2D eigenvalue weighted by molar-refractivity contribution is 7.86. The number of pyridine rings is 1. The third-order valence-corrected chi connectivity index (χ3v) is 5.17. The van der Waals surface area contributed by atoms with Gasteiger partial charge in [0.1, 0.15) is 16.7 Å². The number of hydrogen-bond donors (Lipinski definition) is 0. The Bertz CT molecular complexity index is 920. The van der Waals surface area contributed by atoms with E-state index in [1.54, 1.807) is 28.7 Å². The third kappa shape index (κ3) is 2.83. The molecule has 4 rings (SSSR count). The van der Waals surface area contributed by atoms with Crippen LogP contribution in [0, 0.1) is 0 Å². The summed E-state index contributed by atoms with van der Waals surface area (Å²) in [5, 5.41) is 0.377. The normalized spacial score (nSPS) is 16.0. The molecule has 24 heavy (non-hydrogen) atoms. The van der Waals surface area contributed by atoms with Gasteiger partial charge in [0.25, 0.3) is 0 Å². The monoisotopic (exact) mass is 358 g/mol. The van der Waals surface area contributed by atoms with Crippen molar-refractivity contribution in [2.75, 3.05) is 4.31 Å². The summed E-state index contributed by atoms with van der Waals surface area (Å²) < 4.78 is 19.9. The molecule has 3 heterocycles. The van der Waals surface area contributed by atoms with Crippen LogP contribution < -0.4 is 9.04 Å². The number of ether oxygens (including phenoxy) is 1. The van der Waals surface area contributed by atoms with Gasteiger partial charge in [-0.25, -0.2) is 14.2 Å². The second kappa shape index (κ2) is 6.18. The standard InChI is InChI=1S/C16H11ClN4O2S/c17-14-6-5-12(9-19-14)23-16-18-8-7-15(20-16)21-10-11-3-1-2-4-13(11)24(21)22/h1-9H,10H2.